The first-order chi connectivity index (χ1) is 17.1. The van der Waals surface area contributed by atoms with Gasteiger partial charge in [-0.15, -0.1) is 11.3 Å². The van der Waals surface area contributed by atoms with Gasteiger partial charge >= 0.3 is 6.09 Å². The molecule has 2 aromatic heterocycles. The van der Waals surface area contributed by atoms with Crippen LogP contribution in [0, 0.1) is 5.82 Å². The summed E-state index contributed by atoms with van der Waals surface area (Å²) in [5.74, 6) is -1.30. The lowest BCUT2D eigenvalue weighted by molar-refractivity contribution is -0.123. The predicted molar refractivity (Wildman–Crippen MR) is 135 cm³/mol. The third kappa shape index (κ3) is 6.54. The molecular weight excluding hydrogens is 489 g/mol. The maximum Gasteiger partial charge on any atom is 0.407 e. The maximum absolute atomic E-state index is 13.5. The summed E-state index contributed by atoms with van der Waals surface area (Å²) in [6, 6.07) is 6.20. The highest BCUT2D eigenvalue weighted by molar-refractivity contribution is 7.18. The second-order valence-electron chi connectivity index (χ2n) is 8.19. The second kappa shape index (κ2) is 11.6. The number of anilines is 1. The molecule has 0 unspecified atom stereocenters. The lowest BCUT2D eigenvalue weighted by Crippen LogP contribution is -2.45. The maximum atomic E-state index is 13.5. The number of hydrogen-bond acceptors (Lipinski definition) is 6. The van der Waals surface area contributed by atoms with Crippen LogP contribution in [0.15, 0.2) is 53.5 Å². The summed E-state index contributed by atoms with van der Waals surface area (Å²) in [5, 5.41) is 12.5. The smallest absolute Gasteiger partial charge is 0.407 e. The summed E-state index contributed by atoms with van der Waals surface area (Å²) in [4.78, 5) is 55.7. The van der Waals surface area contributed by atoms with E-state index < -0.39 is 29.4 Å². The van der Waals surface area contributed by atoms with Crippen LogP contribution in [-0.4, -0.2) is 69.5 Å². The minimum Gasteiger partial charge on any atom is -0.465 e. The van der Waals surface area contributed by atoms with Gasteiger partial charge in [0, 0.05) is 33.4 Å². The molecular formula is C24H26FN5O5S. The zero-order chi connectivity index (χ0) is 26.4. The molecule has 0 spiro atoms. The number of thiazole rings is 1. The summed E-state index contributed by atoms with van der Waals surface area (Å²) in [6.07, 6.45) is 3.53. The molecule has 2 N–H and O–H groups in total. The Balaban J connectivity index is 1.75. The zero-order valence-corrected chi connectivity index (χ0v) is 20.8. The molecule has 0 aliphatic rings. The molecule has 3 aromatic rings. The first-order valence-electron chi connectivity index (χ1n) is 11.0. The van der Waals surface area contributed by atoms with Gasteiger partial charge in [-0.25, -0.2) is 14.2 Å². The normalized spacial score (nSPS) is 12.0. The van der Waals surface area contributed by atoms with Crippen LogP contribution >= 0.6 is 11.3 Å². The minimum atomic E-state index is -1.30. The summed E-state index contributed by atoms with van der Waals surface area (Å²) in [5.41, 5.74) is -0.0188. The molecule has 2 heterocycles. The highest BCUT2D eigenvalue weighted by atomic mass is 32.1. The van der Waals surface area contributed by atoms with Gasteiger partial charge in [0.15, 0.2) is 0 Å². The van der Waals surface area contributed by atoms with E-state index in [0.29, 0.717) is 10.5 Å². The van der Waals surface area contributed by atoms with Gasteiger partial charge in [-0.2, -0.15) is 0 Å². The molecule has 1 aromatic carbocycles. The number of carbonyl (C=O) groups excluding carboxylic acids is 2. The number of amides is 3. The van der Waals surface area contributed by atoms with Crippen molar-refractivity contribution >= 4 is 45.1 Å². The number of likely N-dealkylation sites (N-methyl/N-ethyl adjacent to an activating group) is 2. The van der Waals surface area contributed by atoms with E-state index in [9.17, 15) is 28.7 Å². The van der Waals surface area contributed by atoms with Crippen molar-refractivity contribution in [2.24, 2.45) is 0 Å². The van der Waals surface area contributed by atoms with Gasteiger partial charge in [0.05, 0.1) is 16.8 Å². The number of aromatic nitrogens is 2. The van der Waals surface area contributed by atoms with Crippen molar-refractivity contribution in [2.45, 2.75) is 25.4 Å². The van der Waals surface area contributed by atoms with Crippen LogP contribution < -0.4 is 10.9 Å². The minimum absolute atomic E-state index is 0.0169. The lowest BCUT2D eigenvalue weighted by Gasteiger charge is -2.24. The Bertz CT molecular complexity index is 1370. The molecule has 0 radical (unpaired) electrons. The molecule has 3 rings (SSSR count). The van der Waals surface area contributed by atoms with Crippen molar-refractivity contribution in [2.75, 3.05) is 26.5 Å². The largest absolute Gasteiger partial charge is 0.465 e. The molecule has 36 heavy (non-hydrogen) atoms. The average Bonchev–Trinajstić information content (AvgIpc) is 3.22. The number of carboxylic acid groups (broad SMARTS) is 1. The van der Waals surface area contributed by atoms with E-state index in [0.717, 1.165) is 9.60 Å². The van der Waals surface area contributed by atoms with Gasteiger partial charge in [0.1, 0.15) is 22.6 Å². The Morgan fingerprint density at radius 2 is 2.00 bits per heavy atom. The van der Waals surface area contributed by atoms with Crippen LogP contribution in [0.25, 0.3) is 10.2 Å². The number of carbonyl (C=O) groups is 3. The fourth-order valence-corrected chi connectivity index (χ4v) is 4.30. The summed E-state index contributed by atoms with van der Waals surface area (Å²) < 4.78 is 15.6. The zero-order valence-electron chi connectivity index (χ0n) is 20.0. The molecule has 190 valence electrons. The number of allylic oxidation sites excluding steroid dienone is 1. The number of fused-ring (bicyclic) bond motifs is 1. The monoisotopic (exact) mass is 515 g/mol. The first-order valence-corrected chi connectivity index (χ1v) is 11.8. The van der Waals surface area contributed by atoms with Crippen molar-refractivity contribution in [3.8, 4) is 0 Å². The van der Waals surface area contributed by atoms with E-state index in [1.165, 1.54) is 58.3 Å². The number of nitrogens with one attached hydrogen (secondary N) is 1. The molecule has 0 fully saturated rings. The van der Waals surface area contributed by atoms with E-state index in [1.54, 1.807) is 32.3 Å². The summed E-state index contributed by atoms with van der Waals surface area (Å²) in [7, 11) is 4.47. The van der Waals surface area contributed by atoms with Crippen molar-refractivity contribution < 1.29 is 23.9 Å². The third-order valence-corrected chi connectivity index (χ3v) is 6.38. The van der Waals surface area contributed by atoms with E-state index in [4.69, 9.17) is 0 Å². The quantitative estimate of drug-likeness (QED) is 0.422. The highest BCUT2D eigenvalue weighted by Gasteiger charge is 2.27. The van der Waals surface area contributed by atoms with Crippen molar-refractivity contribution in [1.82, 2.24) is 19.4 Å². The standard InChI is InChI=1S/C24H26FN5O5S/c1-28(2)21(31)9-5-4-8-18(29(3)24(34)35)22(32)27-16-7-6-12-30(23(16)33)14-20-26-17-13-15(25)10-11-19(17)36-20/h5-7,9-13,18H,4,8,14H2,1-3H3,(H,27,32)(H,34,35)/b9-5+/t18-/m0/s1. The molecule has 0 saturated carbocycles. The van der Waals surface area contributed by atoms with Crippen molar-refractivity contribution in [3.63, 3.8) is 0 Å². The van der Waals surface area contributed by atoms with Crippen LogP contribution in [0.4, 0.5) is 14.9 Å². The van der Waals surface area contributed by atoms with Gasteiger partial charge in [-0.1, -0.05) is 6.08 Å². The molecule has 0 aliphatic heterocycles. The number of nitrogens with zero attached hydrogens (tertiary/aromatic N) is 4. The van der Waals surface area contributed by atoms with Crippen molar-refractivity contribution in [3.05, 3.63) is 69.9 Å². The van der Waals surface area contributed by atoms with Gasteiger partial charge in [0.25, 0.3) is 5.56 Å². The number of pyridine rings is 1. The predicted octanol–water partition coefficient (Wildman–Crippen LogP) is 2.99. The third-order valence-electron chi connectivity index (χ3n) is 5.36. The fraction of sp³-hybridized carbons (Fsp3) is 0.292. The van der Waals surface area contributed by atoms with E-state index in [1.807, 2.05) is 0 Å². The van der Waals surface area contributed by atoms with Crippen LogP contribution in [0.5, 0.6) is 0 Å². The molecule has 0 aliphatic carbocycles. The van der Waals surface area contributed by atoms with E-state index in [2.05, 4.69) is 10.3 Å². The Labute approximate surface area is 210 Å². The second-order valence-corrected chi connectivity index (χ2v) is 9.30. The number of rotatable bonds is 9. The van der Waals surface area contributed by atoms with Crippen LogP contribution in [0.1, 0.15) is 17.8 Å². The summed E-state index contributed by atoms with van der Waals surface area (Å²) in [6.45, 7) is 0.118. The van der Waals surface area contributed by atoms with Crippen LogP contribution in [-0.2, 0) is 16.1 Å². The average molecular weight is 516 g/mol. The molecule has 3 amide bonds. The fourth-order valence-electron chi connectivity index (χ4n) is 3.36. The molecule has 0 bridgehead atoms. The van der Waals surface area contributed by atoms with E-state index in [-0.39, 0.29) is 31.0 Å². The first kappa shape index (κ1) is 26.5. The molecule has 12 heteroatoms. The number of hydrogen-bond donors (Lipinski definition) is 2. The van der Waals surface area contributed by atoms with Crippen LogP contribution in [0.3, 0.4) is 0 Å². The van der Waals surface area contributed by atoms with Gasteiger partial charge in [-0.05, 0) is 43.2 Å². The van der Waals surface area contributed by atoms with Gasteiger partial charge in [0.2, 0.25) is 11.8 Å². The Hall–Kier alpha value is -4.06. The SMILES string of the molecule is CN(C)C(=O)/C=C/CC[C@@H](C(=O)Nc1cccn(Cc2nc3cc(F)ccc3s2)c1=O)N(C)C(=O)O. The number of halogens is 1. The molecule has 0 saturated heterocycles. The Morgan fingerprint density at radius 1 is 1.25 bits per heavy atom. The topological polar surface area (TPSA) is 125 Å². The lowest BCUT2D eigenvalue weighted by atomic mass is 10.1. The number of benzene rings is 1. The summed E-state index contributed by atoms with van der Waals surface area (Å²) >= 11 is 1.33. The molecule has 10 nitrogen and oxygen atoms in total. The molecule has 1 atom stereocenters. The van der Waals surface area contributed by atoms with Crippen LogP contribution in [0.2, 0.25) is 0 Å². The van der Waals surface area contributed by atoms with Crippen molar-refractivity contribution in [1.29, 1.82) is 0 Å². The highest BCUT2D eigenvalue weighted by Crippen LogP contribution is 2.23. The van der Waals surface area contributed by atoms with Gasteiger partial charge < -0.3 is 19.9 Å². The van der Waals surface area contributed by atoms with Gasteiger partial charge in [-0.3, -0.25) is 19.3 Å². The Morgan fingerprint density at radius 3 is 2.69 bits per heavy atom. The van der Waals surface area contributed by atoms with E-state index >= 15 is 0 Å². The Kier molecular flexibility index (Phi) is 8.54.